The first-order chi connectivity index (χ1) is 7.38. The number of hydrogen-bond donors (Lipinski definition) is 1. The van der Waals surface area contributed by atoms with Crippen molar-refractivity contribution in [2.45, 2.75) is 43.8 Å². The molecule has 0 amide bonds. The molecule has 0 aromatic rings. The Morgan fingerprint density at radius 3 is 2.87 bits per heavy atom. The SMILES string of the molecule is CNC1CCOCC1N1CC2CCC1C2. The van der Waals surface area contributed by atoms with Crippen LogP contribution in [-0.4, -0.2) is 49.8 Å². The van der Waals surface area contributed by atoms with E-state index in [1.54, 1.807) is 0 Å². The summed E-state index contributed by atoms with van der Waals surface area (Å²) in [5.74, 6) is 0.995. The van der Waals surface area contributed by atoms with E-state index < -0.39 is 0 Å². The molecule has 15 heavy (non-hydrogen) atoms. The van der Waals surface area contributed by atoms with Crippen LogP contribution in [0.15, 0.2) is 0 Å². The standard InChI is InChI=1S/C12H22N2O/c1-13-11-4-5-15-8-12(11)14-7-9-2-3-10(14)6-9/h9-13H,2-8H2,1H3. The summed E-state index contributed by atoms with van der Waals surface area (Å²) in [5, 5.41) is 3.47. The van der Waals surface area contributed by atoms with E-state index in [2.05, 4.69) is 17.3 Å². The van der Waals surface area contributed by atoms with Crippen LogP contribution < -0.4 is 5.32 Å². The summed E-state index contributed by atoms with van der Waals surface area (Å²) >= 11 is 0. The summed E-state index contributed by atoms with van der Waals surface area (Å²) in [6.45, 7) is 3.20. The molecular weight excluding hydrogens is 188 g/mol. The number of fused-ring (bicyclic) bond motifs is 2. The smallest absolute Gasteiger partial charge is 0.0637 e. The summed E-state index contributed by atoms with van der Waals surface area (Å²) in [6.07, 6.45) is 5.53. The van der Waals surface area contributed by atoms with Gasteiger partial charge in [0.15, 0.2) is 0 Å². The quantitative estimate of drug-likeness (QED) is 0.731. The second-order valence-corrected chi connectivity index (χ2v) is 5.36. The maximum Gasteiger partial charge on any atom is 0.0637 e. The van der Waals surface area contributed by atoms with Crippen molar-refractivity contribution in [2.75, 3.05) is 26.8 Å². The number of hydrogen-bond acceptors (Lipinski definition) is 3. The highest BCUT2D eigenvalue weighted by atomic mass is 16.5. The van der Waals surface area contributed by atoms with Crippen LogP contribution in [0.4, 0.5) is 0 Å². The third-order valence-electron chi connectivity index (χ3n) is 4.57. The van der Waals surface area contributed by atoms with Gasteiger partial charge in [0.1, 0.15) is 0 Å². The van der Waals surface area contributed by atoms with Crippen LogP contribution in [0.3, 0.4) is 0 Å². The Morgan fingerprint density at radius 2 is 2.20 bits per heavy atom. The van der Waals surface area contributed by atoms with Gasteiger partial charge < -0.3 is 10.1 Å². The van der Waals surface area contributed by atoms with Gasteiger partial charge in [0.25, 0.3) is 0 Å². The van der Waals surface area contributed by atoms with Gasteiger partial charge in [-0.05, 0) is 38.6 Å². The minimum Gasteiger partial charge on any atom is -0.380 e. The Balaban J connectivity index is 1.69. The third-order valence-corrected chi connectivity index (χ3v) is 4.57. The Hall–Kier alpha value is -0.120. The molecule has 1 aliphatic carbocycles. The number of nitrogens with one attached hydrogen (secondary N) is 1. The Bertz CT molecular complexity index is 234. The molecule has 3 fully saturated rings. The molecular formula is C12H22N2O. The monoisotopic (exact) mass is 210 g/mol. The number of rotatable bonds is 2. The maximum atomic E-state index is 5.65. The Morgan fingerprint density at radius 1 is 1.27 bits per heavy atom. The molecule has 0 spiro atoms. The fourth-order valence-electron chi connectivity index (χ4n) is 3.76. The fraction of sp³-hybridized carbons (Fsp3) is 1.00. The topological polar surface area (TPSA) is 24.5 Å². The second kappa shape index (κ2) is 4.04. The highest BCUT2D eigenvalue weighted by molar-refractivity contribution is 4.98. The number of piperidine rings is 1. The van der Waals surface area contributed by atoms with Crippen molar-refractivity contribution in [1.82, 2.24) is 10.2 Å². The summed E-state index contributed by atoms with van der Waals surface area (Å²) in [7, 11) is 2.09. The van der Waals surface area contributed by atoms with Crippen LogP contribution in [-0.2, 0) is 4.74 Å². The molecule has 3 nitrogen and oxygen atoms in total. The van der Waals surface area contributed by atoms with Crippen molar-refractivity contribution >= 4 is 0 Å². The molecule has 1 N–H and O–H groups in total. The Labute approximate surface area is 92.2 Å². The van der Waals surface area contributed by atoms with Crippen LogP contribution >= 0.6 is 0 Å². The van der Waals surface area contributed by atoms with Crippen LogP contribution in [0.25, 0.3) is 0 Å². The first kappa shape index (κ1) is 10.1. The number of ether oxygens (including phenoxy) is 1. The normalized spacial score (nSPS) is 46.2. The van der Waals surface area contributed by atoms with Gasteiger partial charge in [-0.25, -0.2) is 0 Å². The van der Waals surface area contributed by atoms with E-state index in [0.717, 1.165) is 25.2 Å². The maximum absolute atomic E-state index is 5.65. The van der Waals surface area contributed by atoms with Gasteiger partial charge in [0, 0.05) is 31.3 Å². The predicted molar refractivity (Wildman–Crippen MR) is 59.9 cm³/mol. The summed E-state index contributed by atoms with van der Waals surface area (Å²) in [6, 6.07) is 2.16. The number of likely N-dealkylation sites (N-methyl/N-ethyl adjacent to an activating group) is 1. The lowest BCUT2D eigenvalue weighted by molar-refractivity contribution is -0.0126. The number of likely N-dealkylation sites (tertiary alicyclic amines) is 1. The molecule has 3 heteroatoms. The van der Waals surface area contributed by atoms with E-state index >= 15 is 0 Å². The zero-order chi connectivity index (χ0) is 10.3. The van der Waals surface area contributed by atoms with E-state index in [0.29, 0.717) is 12.1 Å². The zero-order valence-electron chi connectivity index (χ0n) is 9.61. The average molecular weight is 210 g/mol. The predicted octanol–water partition coefficient (Wildman–Crippen LogP) is 0.848. The van der Waals surface area contributed by atoms with Crippen molar-refractivity contribution in [1.29, 1.82) is 0 Å². The second-order valence-electron chi connectivity index (χ2n) is 5.36. The molecule has 2 heterocycles. The van der Waals surface area contributed by atoms with Crippen LogP contribution in [0.2, 0.25) is 0 Å². The fourth-order valence-corrected chi connectivity index (χ4v) is 3.76. The molecule has 0 aromatic heterocycles. The van der Waals surface area contributed by atoms with E-state index in [1.807, 2.05) is 0 Å². The summed E-state index contributed by atoms with van der Waals surface area (Å²) in [5.41, 5.74) is 0. The van der Waals surface area contributed by atoms with Crippen molar-refractivity contribution in [2.24, 2.45) is 5.92 Å². The van der Waals surface area contributed by atoms with Gasteiger partial charge in [0.05, 0.1) is 6.61 Å². The molecule has 4 unspecified atom stereocenters. The minimum absolute atomic E-state index is 0.638. The average Bonchev–Trinajstić information content (AvgIpc) is 2.90. The molecule has 86 valence electrons. The van der Waals surface area contributed by atoms with E-state index in [4.69, 9.17) is 4.74 Å². The lowest BCUT2D eigenvalue weighted by atomic mass is 9.99. The van der Waals surface area contributed by atoms with E-state index in [9.17, 15) is 0 Å². The van der Waals surface area contributed by atoms with Gasteiger partial charge in [0.2, 0.25) is 0 Å². The summed E-state index contributed by atoms with van der Waals surface area (Å²) in [4.78, 5) is 2.73. The molecule has 3 rings (SSSR count). The highest BCUT2D eigenvalue weighted by Crippen LogP contribution is 2.39. The van der Waals surface area contributed by atoms with Crippen molar-refractivity contribution in [3.63, 3.8) is 0 Å². The van der Waals surface area contributed by atoms with Gasteiger partial charge in [-0.15, -0.1) is 0 Å². The highest BCUT2D eigenvalue weighted by Gasteiger charge is 2.43. The lowest BCUT2D eigenvalue weighted by Crippen LogP contribution is -2.56. The van der Waals surface area contributed by atoms with Gasteiger partial charge in [-0.1, -0.05) is 0 Å². The molecule has 2 saturated heterocycles. The third kappa shape index (κ3) is 1.71. The lowest BCUT2D eigenvalue weighted by Gasteiger charge is -2.41. The van der Waals surface area contributed by atoms with E-state index in [-0.39, 0.29) is 0 Å². The molecule has 0 aromatic carbocycles. The number of nitrogens with zero attached hydrogens (tertiary/aromatic N) is 1. The van der Waals surface area contributed by atoms with Gasteiger partial charge in [-0.3, -0.25) is 4.90 Å². The van der Waals surface area contributed by atoms with Crippen molar-refractivity contribution < 1.29 is 4.74 Å². The van der Waals surface area contributed by atoms with Gasteiger partial charge >= 0.3 is 0 Å². The van der Waals surface area contributed by atoms with Crippen molar-refractivity contribution in [3.05, 3.63) is 0 Å². The molecule has 2 bridgehead atoms. The van der Waals surface area contributed by atoms with Gasteiger partial charge in [-0.2, -0.15) is 0 Å². The molecule has 0 radical (unpaired) electrons. The van der Waals surface area contributed by atoms with E-state index in [1.165, 1.54) is 32.2 Å². The van der Waals surface area contributed by atoms with Crippen LogP contribution in [0.1, 0.15) is 25.7 Å². The largest absolute Gasteiger partial charge is 0.380 e. The minimum atomic E-state index is 0.638. The Kier molecular flexibility index (Phi) is 2.71. The summed E-state index contributed by atoms with van der Waals surface area (Å²) < 4.78 is 5.65. The molecule has 3 aliphatic rings. The first-order valence-electron chi connectivity index (χ1n) is 6.39. The molecule has 4 atom stereocenters. The zero-order valence-corrected chi connectivity index (χ0v) is 9.61. The van der Waals surface area contributed by atoms with Crippen LogP contribution in [0.5, 0.6) is 0 Å². The van der Waals surface area contributed by atoms with Crippen molar-refractivity contribution in [3.8, 4) is 0 Å². The molecule has 2 aliphatic heterocycles. The molecule has 1 saturated carbocycles. The van der Waals surface area contributed by atoms with Crippen LogP contribution in [0, 0.1) is 5.92 Å². The first-order valence-corrected chi connectivity index (χ1v) is 6.39.